The van der Waals surface area contributed by atoms with Crippen molar-refractivity contribution in [3.8, 4) is 11.5 Å². The molecule has 1 aliphatic carbocycles. The van der Waals surface area contributed by atoms with E-state index in [1.165, 1.54) is 45.6 Å². The Morgan fingerprint density at radius 1 is 1.15 bits per heavy atom. The number of rotatable bonds is 5. The van der Waals surface area contributed by atoms with Crippen molar-refractivity contribution in [1.82, 2.24) is 0 Å². The first-order chi connectivity index (χ1) is 9.65. The molecule has 0 spiro atoms. The Morgan fingerprint density at radius 2 is 1.75 bits per heavy atom. The number of Topliss-reactive ketones (excluding diaryl/α,β-unsaturated/α-hetero) is 1. The van der Waals surface area contributed by atoms with Gasteiger partial charge in [0.1, 0.15) is 5.82 Å². The summed E-state index contributed by atoms with van der Waals surface area (Å²) < 4.78 is 24.2. The summed E-state index contributed by atoms with van der Waals surface area (Å²) in [6.45, 7) is 0. The third kappa shape index (κ3) is 3.30. The van der Waals surface area contributed by atoms with Crippen molar-refractivity contribution in [3.63, 3.8) is 0 Å². The molecule has 3 nitrogen and oxygen atoms in total. The van der Waals surface area contributed by atoms with Crippen LogP contribution in [0.2, 0.25) is 0 Å². The largest absolute Gasteiger partial charge is 0.493 e. The Balaban J connectivity index is 2.16. The van der Waals surface area contributed by atoms with E-state index in [2.05, 4.69) is 0 Å². The number of ketones is 1. The van der Waals surface area contributed by atoms with Gasteiger partial charge in [-0.3, -0.25) is 4.79 Å². The zero-order valence-corrected chi connectivity index (χ0v) is 12.1. The van der Waals surface area contributed by atoms with E-state index in [-0.39, 0.29) is 11.3 Å². The van der Waals surface area contributed by atoms with Gasteiger partial charge in [0.25, 0.3) is 0 Å². The highest BCUT2D eigenvalue weighted by molar-refractivity contribution is 5.97. The van der Waals surface area contributed by atoms with Gasteiger partial charge < -0.3 is 9.47 Å². The highest BCUT2D eigenvalue weighted by Crippen LogP contribution is 2.32. The van der Waals surface area contributed by atoms with Gasteiger partial charge >= 0.3 is 0 Å². The summed E-state index contributed by atoms with van der Waals surface area (Å²) in [5.74, 6) is 0.405. The monoisotopic (exact) mass is 280 g/mol. The van der Waals surface area contributed by atoms with Crippen LogP contribution in [0.25, 0.3) is 0 Å². The van der Waals surface area contributed by atoms with E-state index in [9.17, 15) is 9.18 Å². The van der Waals surface area contributed by atoms with Crippen molar-refractivity contribution in [1.29, 1.82) is 0 Å². The topological polar surface area (TPSA) is 35.5 Å². The first-order valence-corrected chi connectivity index (χ1v) is 7.10. The highest BCUT2D eigenvalue weighted by Gasteiger charge is 2.22. The molecule has 0 heterocycles. The van der Waals surface area contributed by atoms with Gasteiger partial charge in [-0.1, -0.05) is 32.1 Å². The smallest absolute Gasteiger partial charge is 0.166 e. The molecule has 0 unspecified atom stereocenters. The van der Waals surface area contributed by atoms with Crippen LogP contribution in [0.1, 0.15) is 48.9 Å². The molecule has 110 valence electrons. The maximum Gasteiger partial charge on any atom is 0.166 e. The van der Waals surface area contributed by atoms with Gasteiger partial charge in [-0.2, -0.15) is 0 Å². The average molecular weight is 280 g/mol. The van der Waals surface area contributed by atoms with E-state index in [1.807, 2.05) is 0 Å². The summed E-state index contributed by atoms with van der Waals surface area (Å²) >= 11 is 0. The standard InChI is InChI=1S/C16H21FO3/c1-19-15-9-12(13(17)10-16(15)20-2)14(18)8-11-6-4-3-5-7-11/h9-11H,3-8H2,1-2H3. The molecule has 0 atom stereocenters. The van der Waals surface area contributed by atoms with E-state index in [4.69, 9.17) is 9.47 Å². The average Bonchev–Trinajstić information content (AvgIpc) is 2.47. The number of methoxy groups -OCH3 is 2. The number of halogens is 1. The van der Waals surface area contributed by atoms with E-state index in [0.29, 0.717) is 23.8 Å². The fraction of sp³-hybridized carbons (Fsp3) is 0.562. The van der Waals surface area contributed by atoms with Crippen LogP contribution in [0.3, 0.4) is 0 Å². The van der Waals surface area contributed by atoms with Crippen molar-refractivity contribution in [2.75, 3.05) is 14.2 Å². The van der Waals surface area contributed by atoms with Crippen LogP contribution in [-0.4, -0.2) is 20.0 Å². The second kappa shape index (κ2) is 6.73. The number of ether oxygens (including phenoxy) is 2. The molecule has 1 aliphatic rings. The van der Waals surface area contributed by atoms with Crippen LogP contribution in [-0.2, 0) is 0 Å². The molecule has 20 heavy (non-hydrogen) atoms. The van der Waals surface area contributed by atoms with Crippen molar-refractivity contribution in [2.45, 2.75) is 38.5 Å². The number of carbonyl (C=O) groups is 1. The van der Waals surface area contributed by atoms with Crippen LogP contribution in [0, 0.1) is 11.7 Å². The summed E-state index contributed by atoms with van der Waals surface area (Å²) in [4.78, 5) is 12.3. The van der Waals surface area contributed by atoms with Crippen LogP contribution in [0.5, 0.6) is 11.5 Å². The fourth-order valence-corrected chi connectivity index (χ4v) is 2.83. The summed E-state index contributed by atoms with van der Waals surface area (Å²) in [6.07, 6.45) is 6.15. The van der Waals surface area contributed by atoms with Gasteiger partial charge in [-0.05, 0) is 12.0 Å². The van der Waals surface area contributed by atoms with Crippen molar-refractivity contribution >= 4 is 5.78 Å². The van der Waals surface area contributed by atoms with E-state index >= 15 is 0 Å². The number of benzene rings is 1. The second-order valence-corrected chi connectivity index (χ2v) is 5.32. The molecule has 0 N–H and O–H groups in total. The molecular formula is C16H21FO3. The van der Waals surface area contributed by atoms with Crippen molar-refractivity contribution in [2.24, 2.45) is 5.92 Å². The van der Waals surface area contributed by atoms with Gasteiger partial charge in [-0.15, -0.1) is 0 Å². The highest BCUT2D eigenvalue weighted by atomic mass is 19.1. The number of carbonyl (C=O) groups excluding carboxylic acids is 1. The van der Waals surface area contributed by atoms with Gasteiger partial charge in [-0.25, -0.2) is 4.39 Å². The lowest BCUT2D eigenvalue weighted by Crippen LogP contribution is -2.13. The first kappa shape index (κ1) is 14.8. The van der Waals surface area contributed by atoms with E-state index < -0.39 is 5.82 Å². The predicted octanol–water partition coefficient (Wildman–Crippen LogP) is 4.00. The Morgan fingerprint density at radius 3 is 2.35 bits per heavy atom. The lowest BCUT2D eigenvalue weighted by Gasteiger charge is -2.21. The SMILES string of the molecule is COc1cc(F)c(C(=O)CC2CCCCC2)cc1OC. The Kier molecular flexibility index (Phi) is 4.99. The van der Waals surface area contributed by atoms with Gasteiger partial charge in [0, 0.05) is 12.5 Å². The quantitative estimate of drug-likeness (QED) is 0.765. The van der Waals surface area contributed by atoms with Crippen molar-refractivity contribution < 1.29 is 18.7 Å². The predicted molar refractivity (Wildman–Crippen MR) is 75.0 cm³/mol. The van der Waals surface area contributed by atoms with E-state index in [1.54, 1.807) is 0 Å². The molecule has 2 rings (SSSR count). The summed E-state index contributed by atoms with van der Waals surface area (Å²) in [5, 5.41) is 0. The molecule has 0 saturated heterocycles. The van der Waals surface area contributed by atoms with Crippen LogP contribution in [0.15, 0.2) is 12.1 Å². The number of hydrogen-bond acceptors (Lipinski definition) is 3. The second-order valence-electron chi connectivity index (χ2n) is 5.32. The maximum atomic E-state index is 14.0. The molecular weight excluding hydrogens is 259 g/mol. The lowest BCUT2D eigenvalue weighted by atomic mass is 9.84. The molecule has 0 aromatic heterocycles. The molecule has 1 saturated carbocycles. The third-order valence-corrected chi connectivity index (χ3v) is 3.97. The van der Waals surface area contributed by atoms with Gasteiger partial charge in [0.2, 0.25) is 0 Å². The summed E-state index contributed by atoms with van der Waals surface area (Å²) in [5.41, 5.74) is 0.105. The Labute approximate surface area is 119 Å². The molecule has 4 heteroatoms. The molecule has 0 aliphatic heterocycles. The van der Waals surface area contributed by atoms with E-state index in [0.717, 1.165) is 12.8 Å². The molecule has 0 radical (unpaired) electrons. The maximum absolute atomic E-state index is 14.0. The first-order valence-electron chi connectivity index (χ1n) is 7.10. The van der Waals surface area contributed by atoms with Crippen LogP contribution < -0.4 is 9.47 Å². The molecule has 1 aromatic carbocycles. The third-order valence-electron chi connectivity index (χ3n) is 3.97. The zero-order chi connectivity index (χ0) is 14.5. The minimum atomic E-state index is -0.538. The molecule has 1 fully saturated rings. The van der Waals surface area contributed by atoms with Crippen molar-refractivity contribution in [3.05, 3.63) is 23.5 Å². The lowest BCUT2D eigenvalue weighted by molar-refractivity contribution is 0.0945. The normalized spacial score (nSPS) is 15.9. The van der Waals surface area contributed by atoms with Crippen LogP contribution >= 0.6 is 0 Å². The van der Waals surface area contributed by atoms with Gasteiger partial charge in [0.05, 0.1) is 19.8 Å². The minimum absolute atomic E-state index is 0.105. The molecule has 0 amide bonds. The summed E-state index contributed by atoms with van der Waals surface area (Å²) in [6, 6.07) is 2.66. The Hall–Kier alpha value is -1.58. The Bertz CT molecular complexity index is 479. The van der Waals surface area contributed by atoms with Crippen LogP contribution in [0.4, 0.5) is 4.39 Å². The van der Waals surface area contributed by atoms with Gasteiger partial charge in [0.15, 0.2) is 17.3 Å². The summed E-state index contributed by atoms with van der Waals surface area (Å²) in [7, 11) is 2.92. The fourth-order valence-electron chi connectivity index (χ4n) is 2.83. The zero-order valence-electron chi connectivity index (χ0n) is 12.1. The molecule has 0 bridgehead atoms. The molecule has 1 aromatic rings. The minimum Gasteiger partial charge on any atom is -0.493 e. The number of hydrogen-bond donors (Lipinski definition) is 0.